The van der Waals surface area contributed by atoms with Gasteiger partial charge in [0.05, 0.1) is 0 Å². The average Bonchev–Trinajstić information content (AvgIpc) is 2.91. The summed E-state index contributed by atoms with van der Waals surface area (Å²) in [6, 6.07) is 8.81. The second-order valence-electron chi connectivity index (χ2n) is 12.5. The van der Waals surface area contributed by atoms with E-state index in [4.69, 9.17) is 4.74 Å². The standard InChI is InChI=1S/C34H48N4O3/c1-8-38(27-19-17-26(18-20-27)37(7)33(40)41-34(4,5)6)31-16-12-15-29-28(31)14-11-9-10-13-25-21-23(2)36-24(3)30(25)22-35-32(29)39/h9,11-12,15-16,21,26-27H,8,10,13-14,17-20,22H2,1-7H3,(H,35,39)/b11-9+. The van der Waals surface area contributed by atoms with Crippen LogP contribution in [0.3, 0.4) is 0 Å². The van der Waals surface area contributed by atoms with Crippen molar-refractivity contribution in [3.63, 3.8) is 0 Å². The van der Waals surface area contributed by atoms with Crippen molar-refractivity contribution in [2.75, 3.05) is 18.5 Å². The molecule has 1 aromatic carbocycles. The van der Waals surface area contributed by atoms with Crippen LogP contribution in [0.1, 0.15) is 98.2 Å². The Balaban J connectivity index is 1.54. The molecule has 222 valence electrons. The van der Waals surface area contributed by atoms with E-state index in [1.807, 2.05) is 53.8 Å². The van der Waals surface area contributed by atoms with Crippen LogP contribution in [0.2, 0.25) is 0 Å². The minimum atomic E-state index is -0.500. The number of nitrogens with one attached hydrogen (secondary N) is 1. The molecule has 7 nitrogen and oxygen atoms in total. The molecule has 1 N–H and O–H groups in total. The first-order valence-corrected chi connectivity index (χ1v) is 15.2. The number of allylic oxidation sites excluding steroid dienone is 2. The SMILES string of the molecule is CCN(c1cccc2c1C/C=C/CCc1cc(C)nc(C)c1CNC2=O)C1CCC(N(C)C(=O)OC(C)(C)C)CC1. The number of amides is 2. The van der Waals surface area contributed by atoms with Crippen molar-refractivity contribution in [2.45, 2.75) is 111 Å². The molecule has 2 aliphatic rings. The Morgan fingerprint density at radius 1 is 1.07 bits per heavy atom. The second-order valence-corrected chi connectivity index (χ2v) is 12.5. The Hall–Kier alpha value is -3.35. The van der Waals surface area contributed by atoms with Gasteiger partial charge in [-0.1, -0.05) is 18.2 Å². The number of hydrogen-bond acceptors (Lipinski definition) is 5. The lowest BCUT2D eigenvalue weighted by molar-refractivity contribution is 0.0183. The van der Waals surface area contributed by atoms with Crippen LogP contribution < -0.4 is 10.2 Å². The molecule has 1 aliphatic carbocycles. The number of fused-ring (bicyclic) bond motifs is 2. The van der Waals surface area contributed by atoms with E-state index in [9.17, 15) is 9.59 Å². The minimum absolute atomic E-state index is 0.0412. The van der Waals surface area contributed by atoms with Crippen molar-refractivity contribution < 1.29 is 14.3 Å². The van der Waals surface area contributed by atoms with Gasteiger partial charge in [0.15, 0.2) is 0 Å². The number of anilines is 1. The van der Waals surface area contributed by atoms with Gasteiger partial charge in [-0.2, -0.15) is 0 Å². The zero-order valence-electron chi connectivity index (χ0n) is 26.0. The van der Waals surface area contributed by atoms with E-state index in [1.165, 1.54) is 5.56 Å². The molecule has 1 fully saturated rings. The largest absolute Gasteiger partial charge is 0.444 e. The third kappa shape index (κ3) is 7.49. The fourth-order valence-electron chi connectivity index (χ4n) is 6.36. The van der Waals surface area contributed by atoms with Gasteiger partial charge >= 0.3 is 6.09 Å². The van der Waals surface area contributed by atoms with Crippen LogP contribution in [0, 0.1) is 13.8 Å². The predicted octanol–water partition coefficient (Wildman–Crippen LogP) is 6.68. The highest BCUT2D eigenvalue weighted by atomic mass is 16.6. The fraction of sp³-hybridized carbons (Fsp3) is 0.559. The van der Waals surface area contributed by atoms with Crippen LogP contribution in [0.15, 0.2) is 36.4 Å². The highest BCUT2D eigenvalue weighted by molar-refractivity contribution is 5.97. The predicted molar refractivity (Wildman–Crippen MR) is 166 cm³/mol. The normalized spacial score (nSPS) is 20.4. The fourth-order valence-corrected chi connectivity index (χ4v) is 6.36. The number of hydrogen-bond donors (Lipinski definition) is 1. The smallest absolute Gasteiger partial charge is 0.410 e. The third-order valence-electron chi connectivity index (χ3n) is 8.43. The summed E-state index contributed by atoms with van der Waals surface area (Å²) in [5, 5.41) is 3.21. The van der Waals surface area contributed by atoms with Crippen LogP contribution in [0.5, 0.6) is 0 Å². The molecule has 41 heavy (non-hydrogen) atoms. The van der Waals surface area contributed by atoms with Crippen LogP contribution in [0.4, 0.5) is 10.5 Å². The number of pyridine rings is 1. The summed E-state index contributed by atoms with van der Waals surface area (Å²) in [6.45, 7) is 13.3. The average molecular weight is 561 g/mol. The summed E-state index contributed by atoms with van der Waals surface area (Å²) in [4.78, 5) is 35.2. The maximum absolute atomic E-state index is 13.6. The van der Waals surface area contributed by atoms with Gasteiger partial charge in [0, 0.05) is 54.9 Å². The summed E-state index contributed by atoms with van der Waals surface area (Å²) < 4.78 is 5.61. The lowest BCUT2D eigenvalue weighted by Gasteiger charge is -2.41. The molecule has 7 heteroatoms. The molecule has 0 bridgehead atoms. The van der Waals surface area contributed by atoms with Crippen molar-refractivity contribution in [3.05, 3.63) is 70.1 Å². The van der Waals surface area contributed by atoms with Crippen molar-refractivity contribution in [1.82, 2.24) is 15.2 Å². The molecule has 2 heterocycles. The lowest BCUT2D eigenvalue weighted by atomic mass is 9.88. The maximum atomic E-state index is 13.6. The first kappa shape index (κ1) is 30.6. The highest BCUT2D eigenvalue weighted by Gasteiger charge is 2.32. The van der Waals surface area contributed by atoms with E-state index in [1.54, 1.807) is 4.90 Å². The summed E-state index contributed by atoms with van der Waals surface area (Å²) in [5.41, 5.74) is 6.85. The second kappa shape index (κ2) is 13.1. The molecule has 0 atom stereocenters. The summed E-state index contributed by atoms with van der Waals surface area (Å²) in [6.07, 6.45) is 10.7. The van der Waals surface area contributed by atoms with Gasteiger partial charge in [0.25, 0.3) is 5.91 Å². The molecule has 2 aromatic rings. The van der Waals surface area contributed by atoms with Gasteiger partial charge in [0.1, 0.15) is 5.60 Å². The van der Waals surface area contributed by atoms with Crippen molar-refractivity contribution >= 4 is 17.7 Å². The van der Waals surface area contributed by atoms with Gasteiger partial charge in [-0.05, 0) is 121 Å². The molecule has 1 aliphatic heterocycles. The molecule has 1 aromatic heterocycles. The number of carbonyl (C=O) groups excluding carboxylic acids is 2. The topological polar surface area (TPSA) is 74.8 Å². The van der Waals surface area contributed by atoms with E-state index in [0.717, 1.165) is 78.8 Å². The molecular formula is C34H48N4O3. The van der Waals surface area contributed by atoms with Gasteiger partial charge in [-0.25, -0.2) is 4.79 Å². The number of ether oxygens (including phenoxy) is 1. The van der Waals surface area contributed by atoms with Crippen molar-refractivity contribution in [2.24, 2.45) is 0 Å². The molecule has 1 saturated carbocycles. The number of aryl methyl sites for hydroxylation is 3. The van der Waals surface area contributed by atoms with Gasteiger partial charge in [0.2, 0.25) is 0 Å². The minimum Gasteiger partial charge on any atom is -0.444 e. The molecule has 0 radical (unpaired) electrons. The van der Waals surface area contributed by atoms with Crippen LogP contribution in [-0.2, 0) is 24.1 Å². The maximum Gasteiger partial charge on any atom is 0.410 e. The van der Waals surface area contributed by atoms with Crippen LogP contribution >= 0.6 is 0 Å². The molecular weight excluding hydrogens is 512 g/mol. The van der Waals surface area contributed by atoms with E-state index >= 15 is 0 Å². The Labute approximate surface area is 246 Å². The molecule has 0 unspecified atom stereocenters. The zero-order valence-corrected chi connectivity index (χ0v) is 26.0. The number of nitrogens with zero attached hydrogens (tertiary/aromatic N) is 3. The number of benzene rings is 1. The lowest BCUT2D eigenvalue weighted by Crippen LogP contribution is -2.46. The molecule has 4 rings (SSSR count). The summed E-state index contributed by atoms with van der Waals surface area (Å²) in [7, 11) is 1.86. The first-order valence-electron chi connectivity index (χ1n) is 15.2. The van der Waals surface area contributed by atoms with Gasteiger partial charge in [-0.15, -0.1) is 0 Å². The number of carbonyl (C=O) groups is 2. The Bertz CT molecular complexity index is 1270. The van der Waals surface area contributed by atoms with Crippen LogP contribution in [0.25, 0.3) is 0 Å². The number of rotatable bonds is 4. The quantitative estimate of drug-likeness (QED) is 0.423. The highest BCUT2D eigenvalue weighted by Crippen LogP contribution is 2.33. The Morgan fingerprint density at radius 2 is 1.78 bits per heavy atom. The Kier molecular flexibility index (Phi) is 9.77. The molecule has 2 amide bonds. The van der Waals surface area contributed by atoms with E-state index in [-0.39, 0.29) is 18.0 Å². The third-order valence-corrected chi connectivity index (χ3v) is 8.43. The summed E-state index contributed by atoms with van der Waals surface area (Å²) >= 11 is 0. The molecule has 0 saturated heterocycles. The van der Waals surface area contributed by atoms with Crippen LogP contribution in [-0.4, -0.2) is 53.2 Å². The zero-order chi connectivity index (χ0) is 29.7. The van der Waals surface area contributed by atoms with E-state index in [0.29, 0.717) is 19.0 Å². The van der Waals surface area contributed by atoms with Crippen molar-refractivity contribution in [3.8, 4) is 0 Å². The Morgan fingerprint density at radius 3 is 2.46 bits per heavy atom. The summed E-state index contributed by atoms with van der Waals surface area (Å²) in [5.74, 6) is -0.0412. The van der Waals surface area contributed by atoms with Gasteiger partial charge in [-0.3, -0.25) is 9.78 Å². The van der Waals surface area contributed by atoms with E-state index in [2.05, 4.69) is 46.4 Å². The van der Waals surface area contributed by atoms with E-state index < -0.39 is 5.60 Å². The first-order chi connectivity index (χ1) is 19.5. The number of aromatic nitrogens is 1. The monoisotopic (exact) mass is 560 g/mol. The van der Waals surface area contributed by atoms with Crippen molar-refractivity contribution in [1.29, 1.82) is 0 Å². The van der Waals surface area contributed by atoms with Gasteiger partial charge < -0.3 is 19.9 Å². The molecule has 0 spiro atoms.